The number of carbonyl (C=O) groups is 1. The first kappa shape index (κ1) is 16.5. The Morgan fingerprint density at radius 3 is 2.64 bits per heavy atom. The summed E-state index contributed by atoms with van der Waals surface area (Å²) in [6.07, 6.45) is 1.80. The zero-order chi connectivity index (χ0) is 15.9. The maximum absolute atomic E-state index is 11.8. The van der Waals surface area contributed by atoms with Crippen LogP contribution in [0.15, 0.2) is 30.5 Å². The number of carbonyl (C=O) groups excluding carboxylic acids is 1. The van der Waals surface area contributed by atoms with E-state index < -0.39 is 0 Å². The van der Waals surface area contributed by atoms with Crippen LogP contribution in [0, 0.1) is 6.92 Å². The van der Waals surface area contributed by atoms with Gasteiger partial charge in [-0.05, 0) is 32.1 Å². The van der Waals surface area contributed by atoms with Gasteiger partial charge in [-0.25, -0.2) is 9.78 Å². The number of nitrogens with one attached hydrogen (secondary N) is 2. The van der Waals surface area contributed by atoms with E-state index in [0.717, 1.165) is 22.0 Å². The van der Waals surface area contributed by atoms with E-state index in [1.54, 1.807) is 17.5 Å². The minimum atomic E-state index is -0.163. The minimum Gasteiger partial charge on any atom is -0.334 e. The van der Waals surface area contributed by atoms with E-state index in [9.17, 15) is 4.79 Å². The molecule has 0 radical (unpaired) electrons. The molecule has 0 saturated carbocycles. The van der Waals surface area contributed by atoms with E-state index in [2.05, 4.69) is 32.7 Å². The summed E-state index contributed by atoms with van der Waals surface area (Å²) in [5, 5.41) is 6.73. The van der Waals surface area contributed by atoms with Crippen LogP contribution in [0.5, 0.6) is 0 Å². The molecule has 2 rings (SSSR count). The Labute approximate surface area is 135 Å². The lowest BCUT2D eigenvalue weighted by Crippen LogP contribution is -2.34. The number of hydrogen-bond donors (Lipinski definition) is 2. The SMILES string of the molecule is Cc1ncc(CNC(=O)NCc2cccc(CN(C)C)c2)s1. The van der Waals surface area contributed by atoms with Crippen molar-refractivity contribution in [1.29, 1.82) is 0 Å². The summed E-state index contributed by atoms with van der Waals surface area (Å²) in [6, 6.07) is 8.09. The van der Waals surface area contributed by atoms with Crippen molar-refractivity contribution < 1.29 is 4.79 Å². The van der Waals surface area contributed by atoms with Gasteiger partial charge in [-0.2, -0.15) is 0 Å². The number of aryl methyl sites for hydroxylation is 1. The summed E-state index contributed by atoms with van der Waals surface area (Å²) in [6.45, 7) is 3.88. The molecule has 0 atom stereocenters. The highest BCUT2D eigenvalue weighted by molar-refractivity contribution is 7.11. The van der Waals surface area contributed by atoms with Crippen molar-refractivity contribution in [1.82, 2.24) is 20.5 Å². The van der Waals surface area contributed by atoms with Crippen molar-refractivity contribution in [3.63, 3.8) is 0 Å². The summed E-state index contributed by atoms with van der Waals surface area (Å²) in [5.41, 5.74) is 2.34. The summed E-state index contributed by atoms with van der Waals surface area (Å²) >= 11 is 1.59. The van der Waals surface area contributed by atoms with E-state index in [-0.39, 0.29) is 6.03 Å². The topological polar surface area (TPSA) is 57.3 Å². The van der Waals surface area contributed by atoms with Crippen LogP contribution in [0.25, 0.3) is 0 Å². The maximum Gasteiger partial charge on any atom is 0.315 e. The Hall–Kier alpha value is -1.92. The van der Waals surface area contributed by atoms with E-state index in [4.69, 9.17) is 0 Å². The van der Waals surface area contributed by atoms with Crippen LogP contribution in [0.4, 0.5) is 4.79 Å². The van der Waals surface area contributed by atoms with Gasteiger partial charge in [0.25, 0.3) is 0 Å². The summed E-state index contributed by atoms with van der Waals surface area (Å²) < 4.78 is 0. The summed E-state index contributed by atoms with van der Waals surface area (Å²) in [7, 11) is 4.08. The second-order valence-electron chi connectivity index (χ2n) is 5.44. The fourth-order valence-electron chi connectivity index (χ4n) is 2.10. The zero-order valence-electron chi connectivity index (χ0n) is 13.2. The fourth-order valence-corrected chi connectivity index (χ4v) is 2.84. The number of urea groups is 1. The smallest absolute Gasteiger partial charge is 0.315 e. The lowest BCUT2D eigenvalue weighted by molar-refractivity contribution is 0.240. The van der Waals surface area contributed by atoms with Crippen LogP contribution in [0.1, 0.15) is 21.0 Å². The molecule has 2 aromatic rings. The fraction of sp³-hybridized carbons (Fsp3) is 0.375. The Bertz CT molecular complexity index is 624. The van der Waals surface area contributed by atoms with Gasteiger partial charge < -0.3 is 15.5 Å². The van der Waals surface area contributed by atoms with Gasteiger partial charge in [0.05, 0.1) is 11.6 Å². The normalized spacial score (nSPS) is 10.7. The molecule has 1 aromatic carbocycles. The first-order valence-corrected chi connectivity index (χ1v) is 8.00. The van der Waals surface area contributed by atoms with Gasteiger partial charge in [0.15, 0.2) is 0 Å². The first-order chi connectivity index (χ1) is 10.5. The highest BCUT2D eigenvalue weighted by Gasteiger charge is 2.03. The Balaban J connectivity index is 1.78. The molecule has 0 aliphatic heterocycles. The van der Waals surface area contributed by atoms with Gasteiger partial charge in [0, 0.05) is 24.2 Å². The van der Waals surface area contributed by atoms with Crippen molar-refractivity contribution >= 4 is 17.4 Å². The molecule has 0 unspecified atom stereocenters. The molecule has 0 aliphatic carbocycles. The molecule has 2 N–H and O–H groups in total. The monoisotopic (exact) mass is 318 g/mol. The molecule has 0 spiro atoms. The van der Waals surface area contributed by atoms with Crippen LogP contribution < -0.4 is 10.6 Å². The van der Waals surface area contributed by atoms with Crippen molar-refractivity contribution in [3.05, 3.63) is 51.5 Å². The van der Waals surface area contributed by atoms with Gasteiger partial charge in [0.1, 0.15) is 0 Å². The number of nitrogens with zero attached hydrogens (tertiary/aromatic N) is 2. The van der Waals surface area contributed by atoms with E-state index in [0.29, 0.717) is 13.1 Å². The molecule has 0 bridgehead atoms. The molecule has 1 heterocycles. The Kier molecular flexibility index (Phi) is 5.91. The number of hydrogen-bond acceptors (Lipinski definition) is 4. The van der Waals surface area contributed by atoms with Crippen LogP contribution in [0.3, 0.4) is 0 Å². The lowest BCUT2D eigenvalue weighted by atomic mass is 10.1. The van der Waals surface area contributed by atoms with Crippen molar-refractivity contribution in [3.8, 4) is 0 Å². The number of amides is 2. The number of aromatic nitrogens is 1. The molecule has 1 aromatic heterocycles. The van der Waals surface area contributed by atoms with E-state index >= 15 is 0 Å². The zero-order valence-corrected chi connectivity index (χ0v) is 14.0. The third kappa shape index (κ3) is 5.46. The third-order valence-electron chi connectivity index (χ3n) is 3.04. The van der Waals surface area contributed by atoms with E-state index in [1.165, 1.54) is 5.56 Å². The Morgan fingerprint density at radius 2 is 1.95 bits per heavy atom. The molecule has 0 fully saturated rings. The Morgan fingerprint density at radius 1 is 1.23 bits per heavy atom. The molecule has 22 heavy (non-hydrogen) atoms. The number of thiazole rings is 1. The quantitative estimate of drug-likeness (QED) is 0.860. The predicted octanol–water partition coefficient (Wildman–Crippen LogP) is 2.51. The molecule has 0 aliphatic rings. The predicted molar refractivity (Wildman–Crippen MR) is 89.8 cm³/mol. The van der Waals surface area contributed by atoms with Gasteiger partial charge in [-0.3, -0.25) is 0 Å². The van der Waals surface area contributed by atoms with E-state index in [1.807, 2.05) is 33.2 Å². The largest absolute Gasteiger partial charge is 0.334 e. The third-order valence-corrected chi connectivity index (χ3v) is 3.95. The second kappa shape index (κ2) is 7.91. The minimum absolute atomic E-state index is 0.163. The summed E-state index contributed by atoms with van der Waals surface area (Å²) in [5.74, 6) is 0. The van der Waals surface area contributed by atoms with Crippen LogP contribution in [-0.4, -0.2) is 30.0 Å². The highest BCUT2D eigenvalue weighted by Crippen LogP contribution is 2.10. The van der Waals surface area contributed by atoms with Crippen LogP contribution >= 0.6 is 11.3 Å². The number of benzene rings is 1. The maximum atomic E-state index is 11.8. The molecule has 2 amide bonds. The number of rotatable bonds is 6. The molecule has 6 heteroatoms. The van der Waals surface area contributed by atoms with Crippen molar-refractivity contribution in [2.45, 2.75) is 26.6 Å². The molecular weight excluding hydrogens is 296 g/mol. The molecule has 118 valence electrons. The van der Waals surface area contributed by atoms with Gasteiger partial charge in [-0.1, -0.05) is 24.3 Å². The first-order valence-electron chi connectivity index (χ1n) is 7.18. The molecule has 5 nitrogen and oxygen atoms in total. The average Bonchev–Trinajstić information content (AvgIpc) is 2.88. The standard InChI is InChI=1S/C16H22N4OS/c1-12-17-9-15(22-12)10-19-16(21)18-8-13-5-4-6-14(7-13)11-20(2)3/h4-7,9H,8,10-11H2,1-3H3,(H2,18,19,21). The van der Waals surface area contributed by atoms with Gasteiger partial charge in [-0.15, -0.1) is 11.3 Å². The van der Waals surface area contributed by atoms with Gasteiger partial charge >= 0.3 is 6.03 Å². The van der Waals surface area contributed by atoms with Crippen LogP contribution in [0.2, 0.25) is 0 Å². The lowest BCUT2D eigenvalue weighted by Gasteiger charge is -2.11. The highest BCUT2D eigenvalue weighted by atomic mass is 32.1. The van der Waals surface area contributed by atoms with Crippen LogP contribution in [-0.2, 0) is 19.6 Å². The van der Waals surface area contributed by atoms with Crippen molar-refractivity contribution in [2.75, 3.05) is 14.1 Å². The molecular formula is C16H22N4OS. The molecule has 0 saturated heterocycles. The second-order valence-corrected chi connectivity index (χ2v) is 6.76. The average molecular weight is 318 g/mol. The van der Waals surface area contributed by atoms with Gasteiger partial charge in [0.2, 0.25) is 0 Å². The van der Waals surface area contributed by atoms with Crippen molar-refractivity contribution in [2.24, 2.45) is 0 Å². The summed E-state index contributed by atoms with van der Waals surface area (Å²) in [4.78, 5) is 19.2.